The predicted octanol–water partition coefficient (Wildman–Crippen LogP) is 0.393. The maximum absolute atomic E-state index is 12.0. The lowest BCUT2D eigenvalue weighted by Crippen LogP contribution is -2.50. The summed E-state index contributed by atoms with van der Waals surface area (Å²) in [7, 11) is 7.38. The van der Waals surface area contributed by atoms with Gasteiger partial charge in [0.15, 0.2) is 0 Å². The highest BCUT2D eigenvalue weighted by Crippen LogP contribution is 2.17. The fraction of sp³-hybridized carbons (Fsp3) is 0.769. The molecule has 0 aromatic carbocycles. The average Bonchev–Trinajstić information content (AvgIpc) is 2.83. The van der Waals surface area contributed by atoms with Crippen LogP contribution < -0.4 is 0 Å². The molecule has 2 rings (SSSR count). The summed E-state index contributed by atoms with van der Waals surface area (Å²) in [4.78, 5) is 22.1. The zero-order valence-corrected chi connectivity index (χ0v) is 12.8. The second-order valence-electron chi connectivity index (χ2n) is 5.62. The van der Waals surface area contributed by atoms with Crippen molar-refractivity contribution in [3.63, 3.8) is 0 Å². The number of rotatable bonds is 3. The van der Waals surface area contributed by atoms with Crippen LogP contribution in [0.4, 0.5) is 4.79 Å². The minimum Gasteiger partial charge on any atom is -0.331 e. The minimum absolute atomic E-state index is 0.0653. The lowest BCUT2D eigenvalue weighted by molar-refractivity contribution is 0.107. The number of likely N-dealkylation sites (tertiary alicyclic amines) is 1. The van der Waals surface area contributed by atoms with Gasteiger partial charge in [-0.2, -0.15) is 5.10 Å². The maximum atomic E-state index is 12.0. The van der Waals surface area contributed by atoms with E-state index in [1.54, 1.807) is 30.0 Å². The molecule has 20 heavy (non-hydrogen) atoms. The number of carbonyl (C=O) groups excluding carboxylic acids is 1. The summed E-state index contributed by atoms with van der Waals surface area (Å²) in [6.07, 6.45) is 3.75. The van der Waals surface area contributed by atoms with E-state index < -0.39 is 0 Å². The van der Waals surface area contributed by atoms with Gasteiger partial charge in [-0.3, -0.25) is 9.58 Å². The Labute approximate surface area is 120 Å². The summed E-state index contributed by atoms with van der Waals surface area (Å²) in [6, 6.07) is 0.336. The number of urea groups is 1. The van der Waals surface area contributed by atoms with Gasteiger partial charge in [-0.05, 0) is 19.4 Å². The van der Waals surface area contributed by atoms with E-state index in [1.807, 2.05) is 19.0 Å². The molecule has 0 bridgehead atoms. The number of amides is 2. The van der Waals surface area contributed by atoms with Gasteiger partial charge in [0.2, 0.25) is 0 Å². The van der Waals surface area contributed by atoms with Gasteiger partial charge in [-0.25, -0.2) is 9.78 Å². The zero-order chi connectivity index (χ0) is 14.7. The molecule has 0 saturated carbocycles. The third-order valence-electron chi connectivity index (χ3n) is 3.88. The predicted molar refractivity (Wildman–Crippen MR) is 76.1 cm³/mol. The molecule has 0 aliphatic carbocycles. The first-order valence-corrected chi connectivity index (χ1v) is 6.98. The lowest BCUT2D eigenvalue weighted by Gasteiger charge is -2.38. The molecule has 1 aliphatic rings. The Morgan fingerprint density at radius 2 is 2.20 bits per heavy atom. The number of likely N-dealkylation sites (N-methyl/N-ethyl adjacent to an activating group) is 1. The molecule has 1 aliphatic heterocycles. The standard InChI is InChI=1S/C13H24N6O/c1-16(2)13(20)17(3)11-6-5-7-19(8-11)9-12-14-10-15-18(12)4/h10-11H,5-9H2,1-4H3. The number of aryl methyl sites for hydroxylation is 1. The number of nitrogens with zero attached hydrogens (tertiary/aromatic N) is 6. The van der Waals surface area contributed by atoms with Crippen LogP contribution in [0.5, 0.6) is 0 Å². The Morgan fingerprint density at radius 3 is 2.80 bits per heavy atom. The van der Waals surface area contributed by atoms with Crippen LogP contribution in [0.1, 0.15) is 18.7 Å². The van der Waals surface area contributed by atoms with Crippen molar-refractivity contribution < 1.29 is 4.79 Å². The molecule has 0 radical (unpaired) electrons. The van der Waals surface area contributed by atoms with Gasteiger partial charge in [0.05, 0.1) is 6.54 Å². The molecule has 0 spiro atoms. The van der Waals surface area contributed by atoms with Gasteiger partial charge in [0, 0.05) is 40.8 Å². The van der Waals surface area contributed by atoms with Crippen LogP contribution in [-0.2, 0) is 13.6 Å². The van der Waals surface area contributed by atoms with Gasteiger partial charge < -0.3 is 9.80 Å². The number of carbonyl (C=O) groups is 1. The fourth-order valence-electron chi connectivity index (χ4n) is 2.63. The van der Waals surface area contributed by atoms with E-state index in [4.69, 9.17) is 0 Å². The van der Waals surface area contributed by atoms with E-state index in [0.717, 1.165) is 38.3 Å². The van der Waals surface area contributed by atoms with E-state index in [1.165, 1.54) is 0 Å². The van der Waals surface area contributed by atoms with Gasteiger partial charge >= 0.3 is 6.03 Å². The summed E-state index contributed by atoms with van der Waals surface area (Å²) in [5, 5.41) is 4.10. The smallest absolute Gasteiger partial charge is 0.319 e. The van der Waals surface area contributed by atoms with Gasteiger partial charge in [0.25, 0.3) is 0 Å². The van der Waals surface area contributed by atoms with Crippen molar-refractivity contribution in [1.82, 2.24) is 29.5 Å². The first-order chi connectivity index (χ1) is 9.49. The van der Waals surface area contributed by atoms with E-state index in [-0.39, 0.29) is 12.1 Å². The summed E-state index contributed by atoms with van der Waals surface area (Å²) >= 11 is 0. The minimum atomic E-state index is 0.0653. The first-order valence-electron chi connectivity index (χ1n) is 6.98. The van der Waals surface area contributed by atoms with Crippen LogP contribution in [0.3, 0.4) is 0 Å². The Morgan fingerprint density at radius 1 is 1.45 bits per heavy atom. The molecule has 7 heteroatoms. The Kier molecular flexibility index (Phi) is 4.59. The van der Waals surface area contributed by atoms with Crippen LogP contribution in [0.25, 0.3) is 0 Å². The lowest BCUT2D eigenvalue weighted by atomic mass is 10.0. The monoisotopic (exact) mass is 280 g/mol. The summed E-state index contributed by atoms with van der Waals surface area (Å²) < 4.78 is 1.80. The van der Waals surface area contributed by atoms with Crippen molar-refractivity contribution in [1.29, 1.82) is 0 Å². The summed E-state index contributed by atoms with van der Waals surface area (Å²) in [5.74, 6) is 0.965. The highest BCUT2D eigenvalue weighted by Gasteiger charge is 2.27. The third kappa shape index (κ3) is 3.27. The highest BCUT2D eigenvalue weighted by atomic mass is 16.2. The molecule has 1 fully saturated rings. The van der Waals surface area contributed by atoms with E-state index in [9.17, 15) is 4.79 Å². The summed E-state index contributed by atoms with van der Waals surface area (Å²) in [6.45, 7) is 2.73. The van der Waals surface area contributed by atoms with Crippen molar-refractivity contribution in [2.45, 2.75) is 25.4 Å². The zero-order valence-electron chi connectivity index (χ0n) is 12.8. The van der Waals surface area contributed by atoms with Crippen LogP contribution in [-0.4, -0.2) is 75.8 Å². The van der Waals surface area contributed by atoms with Gasteiger partial charge in [-0.1, -0.05) is 0 Å². The van der Waals surface area contributed by atoms with E-state index >= 15 is 0 Å². The quantitative estimate of drug-likeness (QED) is 0.804. The molecule has 1 aromatic rings. The second-order valence-corrected chi connectivity index (χ2v) is 5.62. The van der Waals surface area contributed by atoms with Gasteiger partial charge in [-0.15, -0.1) is 0 Å². The summed E-state index contributed by atoms with van der Waals surface area (Å²) in [5.41, 5.74) is 0. The molecular weight excluding hydrogens is 256 g/mol. The number of aromatic nitrogens is 3. The number of hydrogen-bond donors (Lipinski definition) is 0. The largest absolute Gasteiger partial charge is 0.331 e. The maximum Gasteiger partial charge on any atom is 0.319 e. The molecule has 1 aromatic heterocycles. The van der Waals surface area contributed by atoms with Crippen LogP contribution in [0.15, 0.2) is 6.33 Å². The molecule has 112 valence electrons. The SMILES string of the molecule is CN(C)C(=O)N(C)C1CCCN(Cc2ncnn2C)C1. The molecular formula is C13H24N6O. The fourth-order valence-corrected chi connectivity index (χ4v) is 2.63. The van der Waals surface area contributed by atoms with Crippen molar-refractivity contribution in [2.24, 2.45) is 7.05 Å². The average molecular weight is 280 g/mol. The van der Waals surface area contributed by atoms with Crippen LogP contribution in [0, 0.1) is 0 Å². The first kappa shape index (κ1) is 14.8. The van der Waals surface area contributed by atoms with Crippen molar-refractivity contribution >= 4 is 6.03 Å². The van der Waals surface area contributed by atoms with E-state index in [2.05, 4.69) is 15.0 Å². The van der Waals surface area contributed by atoms with Crippen molar-refractivity contribution in [3.05, 3.63) is 12.2 Å². The Bertz CT molecular complexity index is 457. The Hall–Kier alpha value is -1.63. The van der Waals surface area contributed by atoms with Crippen LogP contribution in [0.2, 0.25) is 0 Å². The number of piperidine rings is 1. The molecule has 7 nitrogen and oxygen atoms in total. The Balaban J connectivity index is 1.95. The normalized spacial score (nSPS) is 19.9. The molecule has 2 heterocycles. The second kappa shape index (κ2) is 6.21. The molecule has 1 saturated heterocycles. The highest BCUT2D eigenvalue weighted by molar-refractivity contribution is 5.73. The number of hydrogen-bond acceptors (Lipinski definition) is 4. The topological polar surface area (TPSA) is 57.5 Å². The third-order valence-corrected chi connectivity index (χ3v) is 3.88. The molecule has 0 N–H and O–H groups in total. The molecule has 2 amide bonds. The van der Waals surface area contributed by atoms with Crippen molar-refractivity contribution in [3.8, 4) is 0 Å². The van der Waals surface area contributed by atoms with E-state index in [0.29, 0.717) is 0 Å². The molecule has 1 unspecified atom stereocenters. The molecule has 1 atom stereocenters. The van der Waals surface area contributed by atoms with Crippen LogP contribution >= 0.6 is 0 Å². The van der Waals surface area contributed by atoms with Crippen molar-refractivity contribution in [2.75, 3.05) is 34.2 Å². The van der Waals surface area contributed by atoms with Gasteiger partial charge in [0.1, 0.15) is 12.2 Å².